The van der Waals surface area contributed by atoms with Gasteiger partial charge in [0.1, 0.15) is 11.8 Å². The van der Waals surface area contributed by atoms with E-state index in [1.165, 1.54) is 12.0 Å². The Morgan fingerprint density at radius 1 is 1.08 bits per heavy atom. The van der Waals surface area contributed by atoms with Crippen LogP contribution in [0.5, 0.6) is 0 Å². The minimum atomic E-state index is -0.509. The van der Waals surface area contributed by atoms with E-state index in [1.54, 1.807) is 12.5 Å². The van der Waals surface area contributed by atoms with Crippen molar-refractivity contribution in [3.05, 3.63) is 106 Å². The molecule has 9 nitrogen and oxygen atoms in total. The van der Waals surface area contributed by atoms with Crippen molar-refractivity contribution in [3.8, 4) is 0 Å². The molecule has 4 aromatic heterocycles. The molecule has 1 aliphatic rings. The number of aromatic nitrogens is 6. The van der Waals surface area contributed by atoms with Crippen LogP contribution in [0.15, 0.2) is 76.4 Å². The number of benzene rings is 1. The maximum atomic E-state index is 13.8. The molecule has 0 radical (unpaired) electrons. The highest BCUT2D eigenvalue weighted by atomic mass is 16.3. The summed E-state index contributed by atoms with van der Waals surface area (Å²) in [5.74, 6) is 1.47. The highest BCUT2D eigenvalue weighted by Crippen LogP contribution is 2.34. The number of tetrazole rings is 1. The molecule has 1 unspecified atom stereocenters. The average molecular weight is 524 g/mol. The number of nitrogens with one attached hydrogen (secondary N) is 1. The molecule has 39 heavy (non-hydrogen) atoms. The molecule has 9 heteroatoms. The number of pyridine rings is 2. The first kappa shape index (κ1) is 25.2. The van der Waals surface area contributed by atoms with E-state index in [9.17, 15) is 4.79 Å². The van der Waals surface area contributed by atoms with E-state index < -0.39 is 6.04 Å². The van der Waals surface area contributed by atoms with Crippen molar-refractivity contribution in [2.75, 3.05) is 0 Å². The molecule has 6 rings (SSSR count). The van der Waals surface area contributed by atoms with Crippen molar-refractivity contribution >= 4 is 10.9 Å². The van der Waals surface area contributed by atoms with Gasteiger partial charge in [-0.1, -0.05) is 38.3 Å². The van der Waals surface area contributed by atoms with Crippen LogP contribution in [-0.4, -0.2) is 35.1 Å². The fraction of sp³-hybridized carbons (Fsp3) is 0.367. The van der Waals surface area contributed by atoms with Gasteiger partial charge in [0.15, 0.2) is 5.82 Å². The van der Waals surface area contributed by atoms with E-state index >= 15 is 0 Å². The van der Waals surface area contributed by atoms with E-state index in [0.29, 0.717) is 24.5 Å². The van der Waals surface area contributed by atoms with Crippen LogP contribution < -0.4 is 5.56 Å². The Labute approximate surface area is 226 Å². The van der Waals surface area contributed by atoms with Crippen LogP contribution in [0.2, 0.25) is 0 Å². The summed E-state index contributed by atoms with van der Waals surface area (Å²) < 4.78 is 7.75. The summed E-state index contributed by atoms with van der Waals surface area (Å²) in [5.41, 5.74) is 3.52. The van der Waals surface area contributed by atoms with Crippen LogP contribution in [0, 0.1) is 0 Å². The summed E-state index contributed by atoms with van der Waals surface area (Å²) in [6.07, 6.45) is 11.8. The van der Waals surface area contributed by atoms with E-state index in [2.05, 4.69) is 49.4 Å². The highest BCUT2D eigenvalue weighted by Gasteiger charge is 2.33. The summed E-state index contributed by atoms with van der Waals surface area (Å²) in [5, 5.41) is 14.2. The molecule has 1 fully saturated rings. The van der Waals surface area contributed by atoms with Gasteiger partial charge in [-0.15, -0.1) is 5.10 Å². The van der Waals surface area contributed by atoms with Gasteiger partial charge in [-0.2, -0.15) is 0 Å². The monoisotopic (exact) mass is 523 g/mol. The van der Waals surface area contributed by atoms with Crippen LogP contribution >= 0.6 is 0 Å². The molecular weight excluding hydrogens is 490 g/mol. The standard InChI is InChI=1S/C30H33N7O2/c1-2-21-12-13-27-23(16-21)17-26(30(38)32-27)28(29-33-34-35-37(29)24-9-4-3-5-10-24)36(20-25-11-7-15-39-25)19-22-8-6-14-31-18-22/h6-8,11-18,24,28H,2-5,9-10,19-20H2,1H3,(H,32,38). The first-order valence-electron chi connectivity index (χ1n) is 13.8. The van der Waals surface area contributed by atoms with Crippen molar-refractivity contribution in [2.24, 2.45) is 0 Å². The Bertz CT molecular complexity index is 1570. The normalized spacial score (nSPS) is 15.2. The molecule has 1 aliphatic carbocycles. The van der Waals surface area contributed by atoms with Gasteiger partial charge in [0, 0.05) is 30.0 Å². The number of furan rings is 1. The molecular formula is C30H33N7O2. The Morgan fingerprint density at radius 3 is 2.74 bits per heavy atom. The molecule has 0 amide bonds. The third-order valence-corrected chi connectivity index (χ3v) is 7.74. The lowest BCUT2D eigenvalue weighted by Crippen LogP contribution is -2.35. The second kappa shape index (κ2) is 11.3. The smallest absolute Gasteiger partial charge is 0.253 e. The summed E-state index contributed by atoms with van der Waals surface area (Å²) >= 11 is 0. The summed E-state index contributed by atoms with van der Waals surface area (Å²) in [6, 6.07) is 15.7. The molecule has 1 N–H and O–H groups in total. The minimum Gasteiger partial charge on any atom is -0.468 e. The topological polar surface area (TPSA) is 106 Å². The lowest BCUT2D eigenvalue weighted by atomic mass is 9.95. The van der Waals surface area contributed by atoms with E-state index in [4.69, 9.17) is 4.42 Å². The maximum Gasteiger partial charge on any atom is 0.253 e. The Balaban J connectivity index is 1.53. The third-order valence-electron chi connectivity index (χ3n) is 7.74. The van der Waals surface area contributed by atoms with Gasteiger partial charge in [-0.3, -0.25) is 14.7 Å². The largest absolute Gasteiger partial charge is 0.468 e. The van der Waals surface area contributed by atoms with Crippen molar-refractivity contribution in [1.29, 1.82) is 0 Å². The summed E-state index contributed by atoms with van der Waals surface area (Å²) in [7, 11) is 0. The molecule has 0 spiro atoms. The molecule has 0 bridgehead atoms. The number of fused-ring (bicyclic) bond motifs is 1. The molecule has 1 saturated carbocycles. The Morgan fingerprint density at radius 2 is 1.97 bits per heavy atom. The van der Waals surface area contributed by atoms with E-state index in [0.717, 1.165) is 54.3 Å². The molecule has 0 saturated heterocycles. The number of hydrogen-bond donors (Lipinski definition) is 1. The van der Waals surface area contributed by atoms with Crippen molar-refractivity contribution in [3.63, 3.8) is 0 Å². The van der Waals surface area contributed by atoms with Crippen molar-refractivity contribution in [2.45, 2.75) is 70.6 Å². The summed E-state index contributed by atoms with van der Waals surface area (Å²) in [4.78, 5) is 23.5. The van der Waals surface area contributed by atoms with Crippen molar-refractivity contribution in [1.82, 2.24) is 35.1 Å². The van der Waals surface area contributed by atoms with Crippen LogP contribution in [0.25, 0.3) is 10.9 Å². The van der Waals surface area contributed by atoms with Gasteiger partial charge in [0.2, 0.25) is 0 Å². The number of H-pyrrole nitrogens is 1. The minimum absolute atomic E-state index is 0.148. The van der Waals surface area contributed by atoms with E-state index in [-0.39, 0.29) is 11.6 Å². The molecule has 0 aliphatic heterocycles. The number of rotatable bonds is 9. The van der Waals surface area contributed by atoms with Gasteiger partial charge >= 0.3 is 0 Å². The first-order valence-corrected chi connectivity index (χ1v) is 13.8. The average Bonchev–Trinajstić information content (AvgIpc) is 3.67. The molecule has 1 atom stereocenters. The fourth-order valence-electron chi connectivity index (χ4n) is 5.73. The zero-order valence-electron chi connectivity index (χ0n) is 22.2. The lowest BCUT2D eigenvalue weighted by Gasteiger charge is -2.32. The van der Waals surface area contributed by atoms with Gasteiger partial charge < -0.3 is 9.40 Å². The third kappa shape index (κ3) is 5.40. The zero-order chi connectivity index (χ0) is 26.6. The van der Waals surface area contributed by atoms with Crippen LogP contribution in [0.4, 0.5) is 0 Å². The number of aromatic amines is 1. The van der Waals surface area contributed by atoms with Gasteiger partial charge in [-0.25, -0.2) is 4.68 Å². The second-order valence-corrected chi connectivity index (χ2v) is 10.4. The van der Waals surface area contributed by atoms with E-state index in [1.807, 2.05) is 47.3 Å². The molecule has 200 valence electrons. The first-order chi connectivity index (χ1) is 19.2. The lowest BCUT2D eigenvalue weighted by molar-refractivity contribution is 0.173. The fourth-order valence-corrected chi connectivity index (χ4v) is 5.73. The zero-order valence-corrected chi connectivity index (χ0v) is 22.2. The van der Waals surface area contributed by atoms with Gasteiger partial charge in [-0.05, 0) is 82.6 Å². The van der Waals surface area contributed by atoms with Crippen LogP contribution in [0.1, 0.15) is 79.4 Å². The van der Waals surface area contributed by atoms with Gasteiger partial charge in [0.25, 0.3) is 5.56 Å². The van der Waals surface area contributed by atoms with Crippen LogP contribution in [-0.2, 0) is 19.5 Å². The maximum absolute atomic E-state index is 13.8. The Kier molecular flexibility index (Phi) is 7.31. The van der Waals surface area contributed by atoms with Crippen molar-refractivity contribution < 1.29 is 4.42 Å². The van der Waals surface area contributed by atoms with Crippen LogP contribution in [0.3, 0.4) is 0 Å². The quantitative estimate of drug-likeness (QED) is 0.277. The molecule has 1 aromatic carbocycles. The second-order valence-electron chi connectivity index (χ2n) is 10.4. The molecule has 5 aromatic rings. The predicted molar refractivity (Wildman–Crippen MR) is 148 cm³/mol. The number of aryl methyl sites for hydroxylation is 1. The summed E-state index contributed by atoms with van der Waals surface area (Å²) in [6.45, 7) is 3.13. The molecule has 4 heterocycles. The predicted octanol–water partition coefficient (Wildman–Crippen LogP) is 5.36. The highest BCUT2D eigenvalue weighted by molar-refractivity contribution is 5.80. The number of nitrogens with zero attached hydrogens (tertiary/aromatic N) is 6. The SMILES string of the molecule is CCc1ccc2[nH]c(=O)c(C(c3nnnn3C3CCCCC3)N(Cc3cccnc3)Cc3ccco3)cc2c1. The number of hydrogen-bond acceptors (Lipinski definition) is 7. The van der Waals surface area contributed by atoms with Gasteiger partial charge in [0.05, 0.1) is 18.8 Å². The Hall–Kier alpha value is -4.11.